The first kappa shape index (κ1) is 14.7. The van der Waals surface area contributed by atoms with Crippen molar-refractivity contribution >= 4 is 23.4 Å². The van der Waals surface area contributed by atoms with E-state index in [0.29, 0.717) is 25.0 Å². The molecule has 0 spiro atoms. The smallest absolute Gasteiger partial charge is 0.303 e. The highest BCUT2D eigenvalue weighted by Gasteiger charge is 2.44. The first-order valence-electron chi connectivity index (χ1n) is 5.81. The molecule has 108 valence electrons. The van der Waals surface area contributed by atoms with Gasteiger partial charge in [-0.05, 0) is 18.3 Å². The average Bonchev–Trinajstić information content (AvgIpc) is 3.06. The second-order valence-corrected chi connectivity index (χ2v) is 5.84. The second-order valence-electron chi connectivity index (χ2n) is 4.85. The Hall–Kier alpha value is -1.70. The van der Waals surface area contributed by atoms with Crippen LogP contribution in [0.4, 0.5) is 14.5 Å². The van der Waals surface area contributed by atoms with Crippen LogP contribution in [-0.4, -0.2) is 21.8 Å². The molecule has 0 unspecified atom stereocenters. The molecule has 8 heteroatoms. The van der Waals surface area contributed by atoms with E-state index in [-0.39, 0.29) is 17.1 Å². The Morgan fingerprint density at radius 1 is 1.40 bits per heavy atom. The third-order valence-electron chi connectivity index (χ3n) is 3.20. The fourth-order valence-electron chi connectivity index (χ4n) is 1.88. The minimum atomic E-state index is -0.993. The fraction of sp³-hybridized carbons (Fsp3) is 0.417. The van der Waals surface area contributed by atoms with Gasteiger partial charge in [0.05, 0.1) is 28.4 Å². The number of hydrogen-bond donors (Lipinski definition) is 1. The van der Waals surface area contributed by atoms with Crippen LogP contribution in [-0.2, 0) is 4.79 Å². The van der Waals surface area contributed by atoms with E-state index in [9.17, 15) is 23.7 Å². The number of nitrogens with zero attached hydrogens (tertiary/aromatic N) is 1. The number of non-ortho nitro benzene ring substituents is 1. The molecular formula is C12H11F2NO4S. The number of thioether (sulfide) groups is 1. The summed E-state index contributed by atoms with van der Waals surface area (Å²) in [6.45, 7) is 0. The molecule has 0 aliphatic heterocycles. The summed E-state index contributed by atoms with van der Waals surface area (Å²) in [5, 5.41) is 19.2. The summed E-state index contributed by atoms with van der Waals surface area (Å²) < 4.78 is 27.3. The maximum absolute atomic E-state index is 13.6. The first-order valence-corrected chi connectivity index (χ1v) is 6.80. The summed E-state index contributed by atoms with van der Waals surface area (Å²) in [5.74, 6) is -2.64. The number of rotatable bonds is 6. The van der Waals surface area contributed by atoms with Crippen molar-refractivity contribution in [2.45, 2.75) is 24.2 Å². The lowest BCUT2D eigenvalue weighted by molar-refractivity contribution is -0.385. The molecule has 1 N–H and O–H groups in total. The molecule has 1 aliphatic rings. The van der Waals surface area contributed by atoms with Crippen LogP contribution in [0, 0.1) is 27.2 Å². The zero-order valence-corrected chi connectivity index (χ0v) is 11.1. The van der Waals surface area contributed by atoms with Crippen LogP contribution in [0.5, 0.6) is 0 Å². The number of carboxylic acid groups (broad SMARTS) is 1. The maximum Gasteiger partial charge on any atom is 0.303 e. The monoisotopic (exact) mass is 303 g/mol. The number of hydrogen-bond acceptors (Lipinski definition) is 4. The third-order valence-corrected chi connectivity index (χ3v) is 4.64. The molecule has 1 aliphatic carbocycles. The number of nitro benzene ring substituents is 1. The van der Waals surface area contributed by atoms with Gasteiger partial charge in [0.25, 0.3) is 5.69 Å². The average molecular weight is 303 g/mol. The van der Waals surface area contributed by atoms with Gasteiger partial charge in [-0.3, -0.25) is 14.9 Å². The molecule has 20 heavy (non-hydrogen) atoms. The molecule has 5 nitrogen and oxygen atoms in total. The minimum Gasteiger partial charge on any atom is -0.481 e. The van der Waals surface area contributed by atoms with Gasteiger partial charge in [0.1, 0.15) is 11.6 Å². The molecule has 1 aromatic rings. The van der Waals surface area contributed by atoms with Crippen LogP contribution in [0.25, 0.3) is 0 Å². The lowest BCUT2D eigenvalue weighted by atomic mass is 10.1. The van der Waals surface area contributed by atoms with Gasteiger partial charge in [-0.25, -0.2) is 8.78 Å². The number of aliphatic carboxylic acids is 1. The molecule has 0 atom stereocenters. The van der Waals surface area contributed by atoms with Gasteiger partial charge >= 0.3 is 5.97 Å². The molecule has 1 fully saturated rings. The van der Waals surface area contributed by atoms with Crippen molar-refractivity contribution in [1.82, 2.24) is 0 Å². The molecular weight excluding hydrogens is 292 g/mol. The van der Waals surface area contributed by atoms with Crippen molar-refractivity contribution in [2.24, 2.45) is 5.41 Å². The van der Waals surface area contributed by atoms with Crippen LogP contribution in [0.15, 0.2) is 17.0 Å². The van der Waals surface area contributed by atoms with E-state index < -0.39 is 33.6 Å². The highest BCUT2D eigenvalue weighted by molar-refractivity contribution is 7.99. The van der Waals surface area contributed by atoms with Gasteiger partial charge in [0.15, 0.2) is 0 Å². The Kier molecular flexibility index (Phi) is 3.94. The zero-order valence-electron chi connectivity index (χ0n) is 10.3. The van der Waals surface area contributed by atoms with Crippen LogP contribution in [0.3, 0.4) is 0 Å². The van der Waals surface area contributed by atoms with Gasteiger partial charge in [0, 0.05) is 5.75 Å². The standard InChI is InChI=1S/C12H11F2NO4S/c13-8-3-7(15(18)19)4-9(14)11(8)20-6-12(1-2-12)5-10(16)17/h3-4H,1-2,5-6H2,(H,16,17). The van der Waals surface area contributed by atoms with Crippen LogP contribution in [0.2, 0.25) is 0 Å². The zero-order chi connectivity index (χ0) is 14.9. The third kappa shape index (κ3) is 3.24. The topological polar surface area (TPSA) is 80.4 Å². The van der Waals surface area contributed by atoms with E-state index in [1.54, 1.807) is 0 Å². The Balaban J connectivity index is 2.11. The predicted molar refractivity (Wildman–Crippen MR) is 67.7 cm³/mol. The Morgan fingerprint density at radius 3 is 2.35 bits per heavy atom. The molecule has 0 saturated heterocycles. The Labute approximate surface area is 117 Å². The highest BCUT2D eigenvalue weighted by Crippen LogP contribution is 2.52. The quantitative estimate of drug-likeness (QED) is 0.496. The summed E-state index contributed by atoms with van der Waals surface area (Å²) in [6.07, 6.45) is 1.39. The van der Waals surface area contributed by atoms with E-state index in [4.69, 9.17) is 5.11 Å². The van der Waals surface area contributed by atoms with Crippen molar-refractivity contribution in [2.75, 3.05) is 5.75 Å². The summed E-state index contributed by atoms with van der Waals surface area (Å²) in [6, 6.07) is 1.34. The van der Waals surface area contributed by atoms with E-state index in [1.165, 1.54) is 0 Å². The van der Waals surface area contributed by atoms with Crippen LogP contribution in [0.1, 0.15) is 19.3 Å². The molecule has 0 heterocycles. The predicted octanol–water partition coefficient (Wildman–Crippen LogP) is 3.22. The molecule has 0 bridgehead atoms. The van der Waals surface area contributed by atoms with E-state index in [1.807, 2.05) is 0 Å². The molecule has 0 aromatic heterocycles. The number of carbonyl (C=O) groups is 1. The molecule has 0 amide bonds. The molecule has 2 rings (SSSR count). The first-order chi connectivity index (χ1) is 9.33. The van der Waals surface area contributed by atoms with Crippen LogP contribution >= 0.6 is 11.8 Å². The van der Waals surface area contributed by atoms with E-state index >= 15 is 0 Å². The lowest BCUT2D eigenvalue weighted by Gasteiger charge is -2.12. The maximum atomic E-state index is 13.6. The summed E-state index contributed by atoms with van der Waals surface area (Å²) >= 11 is 0.870. The van der Waals surface area contributed by atoms with Crippen molar-refractivity contribution < 1.29 is 23.6 Å². The van der Waals surface area contributed by atoms with Gasteiger partial charge < -0.3 is 5.11 Å². The van der Waals surface area contributed by atoms with Crippen molar-refractivity contribution in [1.29, 1.82) is 0 Å². The molecule has 1 aromatic carbocycles. The normalized spacial score (nSPS) is 15.9. The SMILES string of the molecule is O=C(O)CC1(CSc2c(F)cc([N+](=O)[O-])cc2F)CC1. The minimum absolute atomic E-state index is 0.0315. The largest absolute Gasteiger partial charge is 0.481 e. The Morgan fingerprint density at radius 2 is 1.95 bits per heavy atom. The molecule has 1 saturated carbocycles. The van der Waals surface area contributed by atoms with Crippen LogP contribution < -0.4 is 0 Å². The number of nitro groups is 1. The fourth-order valence-corrected chi connectivity index (χ4v) is 3.12. The lowest BCUT2D eigenvalue weighted by Crippen LogP contribution is -2.11. The molecule has 0 radical (unpaired) electrons. The summed E-state index contributed by atoms with van der Waals surface area (Å²) in [7, 11) is 0. The number of halogens is 2. The van der Waals surface area contributed by atoms with Gasteiger partial charge in [-0.2, -0.15) is 0 Å². The summed E-state index contributed by atoms with van der Waals surface area (Å²) in [5.41, 5.74) is -1.05. The highest BCUT2D eigenvalue weighted by atomic mass is 32.2. The van der Waals surface area contributed by atoms with Crippen molar-refractivity contribution in [3.63, 3.8) is 0 Å². The second kappa shape index (κ2) is 5.35. The van der Waals surface area contributed by atoms with Gasteiger partial charge in [0.2, 0.25) is 0 Å². The van der Waals surface area contributed by atoms with Gasteiger partial charge in [-0.15, -0.1) is 11.8 Å². The van der Waals surface area contributed by atoms with Gasteiger partial charge in [-0.1, -0.05) is 0 Å². The number of benzene rings is 1. The van der Waals surface area contributed by atoms with Crippen molar-refractivity contribution in [3.8, 4) is 0 Å². The Bertz CT molecular complexity index is 552. The van der Waals surface area contributed by atoms with E-state index in [2.05, 4.69) is 0 Å². The number of carboxylic acids is 1. The van der Waals surface area contributed by atoms with E-state index in [0.717, 1.165) is 11.8 Å². The summed E-state index contributed by atoms with van der Waals surface area (Å²) in [4.78, 5) is 20.0. The van der Waals surface area contributed by atoms with Crippen molar-refractivity contribution in [3.05, 3.63) is 33.9 Å².